The highest BCUT2D eigenvalue weighted by molar-refractivity contribution is 7.85. The minimum atomic E-state index is -0.952. The molecular formula is C10H14O2S. The number of aliphatic hydroxyl groups is 1. The average molecular weight is 198 g/mol. The third-order valence-corrected chi connectivity index (χ3v) is 3.23. The second kappa shape index (κ2) is 5.14. The molecule has 13 heavy (non-hydrogen) atoms. The Bertz CT molecular complexity index is 279. The number of aliphatic hydroxyl groups excluding tert-OH is 1. The first-order valence-corrected chi connectivity index (χ1v) is 5.62. The van der Waals surface area contributed by atoms with Crippen molar-refractivity contribution in [2.45, 2.75) is 18.2 Å². The van der Waals surface area contributed by atoms with Crippen molar-refractivity contribution in [2.75, 3.05) is 12.4 Å². The van der Waals surface area contributed by atoms with E-state index in [1.54, 1.807) is 0 Å². The van der Waals surface area contributed by atoms with Crippen molar-refractivity contribution in [2.24, 2.45) is 0 Å². The molecule has 0 heterocycles. The van der Waals surface area contributed by atoms with Crippen LogP contribution in [0.3, 0.4) is 0 Å². The number of rotatable bonds is 4. The summed E-state index contributed by atoms with van der Waals surface area (Å²) in [5, 5.41) is 8.57. The van der Waals surface area contributed by atoms with E-state index < -0.39 is 10.8 Å². The van der Waals surface area contributed by atoms with E-state index in [-0.39, 0.29) is 6.61 Å². The average Bonchev–Trinajstić information content (AvgIpc) is 2.15. The minimum Gasteiger partial charge on any atom is -0.396 e. The Kier molecular flexibility index (Phi) is 4.12. The van der Waals surface area contributed by atoms with E-state index in [4.69, 9.17) is 5.11 Å². The maximum atomic E-state index is 11.5. The Morgan fingerprint density at radius 3 is 2.46 bits per heavy atom. The highest BCUT2D eigenvalue weighted by Crippen LogP contribution is 2.08. The molecule has 0 saturated carbocycles. The fraction of sp³-hybridized carbons (Fsp3) is 0.400. The van der Waals surface area contributed by atoms with E-state index in [9.17, 15) is 4.21 Å². The molecule has 0 aliphatic rings. The first kappa shape index (κ1) is 10.4. The molecule has 0 radical (unpaired) electrons. The molecule has 3 heteroatoms. The number of hydrogen-bond donors (Lipinski definition) is 1. The lowest BCUT2D eigenvalue weighted by Gasteiger charge is -2.00. The third-order valence-electron chi connectivity index (χ3n) is 1.77. The fourth-order valence-electron chi connectivity index (χ4n) is 1.00. The van der Waals surface area contributed by atoms with Crippen LogP contribution in [0.5, 0.6) is 0 Å². The molecule has 0 fully saturated rings. The maximum Gasteiger partial charge on any atom is 0.0530 e. The van der Waals surface area contributed by atoms with Gasteiger partial charge in [-0.25, -0.2) is 0 Å². The van der Waals surface area contributed by atoms with Gasteiger partial charge in [0.05, 0.1) is 10.8 Å². The molecule has 2 nitrogen and oxygen atoms in total. The van der Waals surface area contributed by atoms with Crippen molar-refractivity contribution >= 4 is 10.8 Å². The van der Waals surface area contributed by atoms with Gasteiger partial charge in [-0.1, -0.05) is 17.7 Å². The van der Waals surface area contributed by atoms with Gasteiger partial charge in [-0.15, -0.1) is 0 Å². The summed E-state index contributed by atoms with van der Waals surface area (Å²) in [5.41, 5.74) is 1.17. The first-order valence-electron chi connectivity index (χ1n) is 4.30. The minimum absolute atomic E-state index is 0.109. The smallest absolute Gasteiger partial charge is 0.0530 e. The Morgan fingerprint density at radius 1 is 1.31 bits per heavy atom. The normalized spacial score (nSPS) is 12.8. The lowest BCUT2D eigenvalue weighted by molar-refractivity contribution is 0.296. The molecule has 0 spiro atoms. The van der Waals surface area contributed by atoms with Crippen molar-refractivity contribution in [3.8, 4) is 0 Å². The van der Waals surface area contributed by atoms with Crippen LogP contribution in [0.2, 0.25) is 0 Å². The SMILES string of the molecule is Cc1ccc(S(=O)CCCO)cc1. The van der Waals surface area contributed by atoms with Crippen LogP contribution >= 0.6 is 0 Å². The topological polar surface area (TPSA) is 37.3 Å². The van der Waals surface area contributed by atoms with Gasteiger partial charge in [0, 0.05) is 17.3 Å². The van der Waals surface area contributed by atoms with Gasteiger partial charge in [0.2, 0.25) is 0 Å². The van der Waals surface area contributed by atoms with Gasteiger partial charge in [0.1, 0.15) is 0 Å². The van der Waals surface area contributed by atoms with Gasteiger partial charge in [0.25, 0.3) is 0 Å². The molecule has 1 unspecified atom stereocenters. The van der Waals surface area contributed by atoms with Gasteiger partial charge in [-0.05, 0) is 25.5 Å². The monoisotopic (exact) mass is 198 g/mol. The van der Waals surface area contributed by atoms with Crippen molar-refractivity contribution in [1.29, 1.82) is 0 Å². The first-order chi connectivity index (χ1) is 6.24. The van der Waals surface area contributed by atoms with Crippen LogP contribution in [0, 0.1) is 6.92 Å². The predicted octanol–water partition coefficient (Wildman–Crippen LogP) is 1.49. The van der Waals surface area contributed by atoms with Gasteiger partial charge in [-0.3, -0.25) is 4.21 Å². The number of hydrogen-bond acceptors (Lipinski definition) is 2. The van der Waals surface area contributed by atoms with E-state index in [1.807, 2.05) is 31.2 Å². The summed E-state index contributed by atoms with van der Waals surface area (Å²) < 4.78 is 11.5. The summed E-state index contributed by atoms with van der Waals surface area (Å²) in [6, 6.07) is 7.66. The summed E-state index contributed by atoms with van der Waals surface area (Å²) in [5.74, 6) is 0.541. The molecule has 0 amide bonds. The molecule has 1 aromatic rings. The van der Waals surface area contributed by atoms with Crippen LogP contribution in [0.4, 0.5) is 0 Å². The Morgan fingerprint density at radius 2 is 1.92 bits per heavy atom. The second-order valence-electron chi connectivity index (χ2n) is 2.94. The lowest BCUT2D eigenvalue weighted by Crippen LogP contribution is -2.00. The van der Waals surface area contributed by atoms with Gasteiger partial charge < -0.3 is 5.11 Å². The van der Waals surface area contributed by atoms with E-state index in [0.29, 0.717) is 12.2 Å². The summed E-state index contributed by atoms with van der Waals surface area (Å²) in [7, 11) is -0.952. The van der Waals surface area contributed by atoms with Crippen molar-refractivity contribution in [1.82, 2.24) is 0 Å². The maximum absolute atomic E-state index is 11.5. The van der Waals surface area contributed by atoms with Crippen LogP contribution in [0.15, 0.2) is 29.2 Å². The predicted molar refractivity (Wildman–Crippen MR) is 54.2 cm³/mol. The van der Waals surface area contributed by atoms with E-state index >= 15 is 0 Å². The van der Waals surface area contributed by atoms with E-state index in [0.717, 1.165) is 4.90 Å². The van der Waals surface area contributed by atoms with Crippen molar-refractivity contribution in [3.63, 3.8) is 0 Å². The Hall–Kier alpha value is -0.670. The zero-order chi connectivity index (χ0) is 9.68. The van der Waals surface area contributed by atoms with Crippen LogP contribution in [-0.2, 0) is 10.8 Å². The molecular weight excluding hydrogens is 184 g/mol. The molecule has 0 saturated heterocycles. The van der Waals surface area contributed by atoms with Gasteiger partial charge >= 0.3 is 0 Å². The van der Waals surface area contributed by atoms with Crippen LogP contribution < -0.4 is 0 Å². The molecule has 0 aromatic heterocycles. The lowest BCUT2D eigenvalue weighted by atomic mass is 10.2. The molecule has 0 bridgehead atoms. The summed E-state index contributed by atoms with van der Waals surface area (Å²) in [6.45, 7) is 2.11. The molecule has 0 aliphatic heterocycles. The van der Waals surface area contributed by atoms with Crippen LogP contribution in [0.1, 0.15) is 12.0 Å². The summed E-state index contributed by atoms with van der Waals surface area (Å²) >= 11 is 0. The second-order valence-corrected chi connectivity index (χ2v) is 4.51. The zero-order valence-corrected chi connectivity index (χ0v) is 8.51. The molecule has 1 rings (SSSR count). The molecule has 72 valence electrons. The van der Waals surface area contributed by atoms with E-state index in [2.05, 4.69) is 0 Å². The Balaban J connectivity index is 2.61. The zero-order valence-electron chi connectivity index (χ0n) is 7.69. The molecule has 1 aromatic carbocycles. The third kappa shape index (κ3) is 3.28. The molecule has 1 N–H and O–H groups in total. The Labute approximate surface area is 81.1 Å². The fourth-order valence-corrected chi connectivity index (χ4v) is 2.07. The summed E-state index contributed by atoms with van der Waals surface area (Å²) in [6.07, 6.45) is 0.598. The van der Waals surface area contributed by atoms with Crippen LogP contribution in [0.25, 0.3) is 0 Å². The van der Waals surface area contributed by atoms with Crippen molar-refractivity contribution < 1.29 is 9.32 Å². The van der Waals surface area contributed by atoms with Crippen LogP contribution in [-0.4, -0.2) is 21.7 Å². The largest absolute Gasteiger partial charge is 0.396 e. The molecule has 0 aliphatic carbocycles. The van der Waals surface area contributed by atoms with Crippen molar-refractivity contribution in [3.05, 3.63) is 29.8 Å². The van der Waals surface area contributed by atoms with E-state index in [1.165, 1.54) is 5.56 Å². The highest BCUT2D eigenvalue weighted by atomic mass is 32.2. The standard InChI is InChI=1S/C10H14O2S/c1-9-3-5-10(6-4-9)13(12)8-2-7-11/h3-6,11H,2,7-8H2,1H3. The number of benzene rings is 1. The van der Waals surface area contributed by atoms with Gasteiger partial charge in [-0.2, -0.15) is 0 Å². The van der Waals surface area contributed by atoms with Gasteiger partial charge in [0.15, 0.2) is 0 Å². The number of aryl methyl sites for hydroxylation is 1. The summed E-state index contributed by atoms with van der Waals surface area (Å²) in [4.78, 5) is 0.846. The quantitative estimate of drug-likeness (QED) is 0.795. The molecule has 1 atom stereocenters. The highest BCUT2D eigenvalue weighted by Gasteiger charge is 2.01.